The van der Waals surface area contributed by atoms with Crippen molar-refractivity contribution in [2.24, 2.45) is 5.10 Å². The summed E-state index contributed by atoms with van der Waals surface area (Å²) >= 11 is 6.03. The standard InChI is InChI=1S/C17H11N3O6S2/c21-12-3-1-9(14(23)7-12)8-18-19-16(24)15(28-17(19)27)6-10-5-11(20(25)26)2-4-13(10)22/h1-8,21-23H/b15-6+,18-8+. The zero-order chi connectivity index (χ0) is 20.4. The number of phenols is 3. The Labute approximate surface area is 167 Å². The Bertz CT molecular complexity index is 1070. The molecule has 2 aromatic carbocycles. The lowest BCUT2D eigenvalue weighted by atomic mass is 10.1. The number of nitro benzene ring substituents is 1. The molecule has 1 fully saturated rings. The average molecular weight is 417 g/mol. The van der Waals surface area contributed by atoms with Gasteiger partial charge in [-0.1, -0.05) is 11.8 Å². The van der Waals surface area contributed by atoms with E-state index in [2.05, 4.69) is 5.10 Å². The van der Waals surface area contributed by atoms with E-state index in [1.807, 2.05) is 0 Å². The van der Waals surface area contributed by atoms with Crippen LogP contribution in [0.25, 0.3) is 6.08 Å². The third-order valence-electron chi connectivity index (χ3n) is 3.61. The van der Waals surface area contributed by atoms with Gasteiger partial charge in [-0.3, -0.25) is 14.9 Å². The van der Waals surface area contributed by atoms with Crippen LogP contribution in [0.2, 0.25) is 0 Å². The van der Waals surface area contributed by atoms with E-state index >= 15 is 0 Å². The Balaban J connectivity index is 1.87. The summed E-state index contributed by atoms with van der Waals surface area (Å²) in [5, 5.41) is 44.7. The SMILES string of the molecule is O=C1/C(=C\c2cc([N+](=O)[O-])ccc2O)SC(=S)N1/N=C/c1ccc(O)cc1O. The summed E-state index contributed by atoms with van der Waals surface area (Å²) in [6, 6.07) is 7.32. The van der Waals surface area contributed by atoms with Gasteiger partial charge in [-0.2, -0.15) is 10.1 Å². The molecule has 1 saturated heterocycles. The normalized spacial score (nSPS) is 15.7. The highest BCUT2D eigenvalue weighted by Crippen LogP contribution is 2.35. The topological polar surface area (TPSA) is 136 Å². The smallest absolute Gasteiger partial charge is 0.286 e. The number of nitro groups is 1. The van der Waals surface area contributed by atoms with E-state index in [9.17, 15) is 30.2 Å². The first-order valence-electron chi connectivity index (χ1n) is 7.57. The molecule has 2 aromatic rings. The molecule has 1 aliphatic rings. The number of phenolic OH excluding ortho intramolecular Hbond substituents is 3. The van der Waals surface area contributed by atoms with Gasteiger partial charge in [0.15, 0.2) is 4.32 Å². The van der Waals surface area contributed by atoms with E-state index < -0.39 is 10.8 Å². The van der Waals surface area contributed by atoms with Gasteiger partial charge in [0.2, 0.25) is 0 Å². The van der Waals surface area contributed by atoms with Crippen molar-refractivity contribution in [2.45, 2.75) is 0 Å². The molecule has 0 radical (unpaired) electrons. The van der Waals surface area contributed by atoms with Crippen molar-refractivity contribution in [1.82, 2.24) is 5.01 Å². The van der Waals surface area contributed by atoms with E-state index in [0.29, 0.717) is 0 Å². The summed E-state index contributed by atoms with van der Waals surface area (Å²) < 4.78 is 0.107. The van der Waals surface area contributed by atoms with Crippen molar-refractivity contribution >= 4 is 52.2 Å². The molecule has 9 nitrogen and oxygen atoms in total. The van der Waals surface area contributed by atoms with Crippen molar-refractivity contribution in [3.05, 3.63) is 62.5 Å². The highest BCUT2D eigenvalue weighted by atomic mass is 32.2. The van der Waals surface area contributed by atoms with Crippen LogP contribution in [-0.2, 0) is 4.79 Å². The van der Waals surface area contributed by atoms with Crippen LogP contribution in [0, 0.1) is 10.1 Å². The van der Waals surface area contributed by atoms with Crippen LogP contribution in [0.4, 0.5) is 5.69 Å². The van der Waals surface area contributed by atoms with Gasteiger partial charge in [0.25, 0.3) is 11.6 Å². The van der Waals surface area contributed by atoms with Crippen LogP contribution in [0.5, 0.6) is 17.2 Å². The molecule has 0 saturated carbocycles. The maximum Gasteiger partial charge on any atom is 0.286 e. The number of amides is 1. The van der Waals surface area contributed by atoms with Crippen LogP contribution in [0.1, 0.15) is 11.1 Å². The molecule has 1 amide bonds. The Morgan fingerprint density at radius 3 is 2.54 bits per heavy atom. The zero-order valence-electron chi connectivity index (χ0n) is 13.8. The number of thiocarbonyl (C=S) groups is 1. The van der Waals surface area contributed by atoms with Crippen molar-refractivity contribution in [3.8, 4) is 17.2 Å². The zero-order valence-corrected chi connectivity index (χ0v) is 15.5. The Morgan fingerprint density at radius 1 is 1.11 bits per heavy atom. The Kier molecular flexibility index (Phi) is 5.29. The second-order valence-corrected chi connectivity index (χ2v) is 7.16. The minimum absolute atomic E-state index is 0.0925. The average Bonchev–Trinajstić information content (AvgIpc) is 2.89. The highest BCUT2D eigenvalue weighted by molar-refractivity contribution is 8.26. The second kappa shape index (κ2) is 7.66. The number of thioether (sulfide) groups is 1. The van der Waals surface area contributed by atoms with Crippen LogP contribution in [0.15, 0.2) is 46.4 Å². The second-order valence-electron chi connectivity index (χ2n) is 5.48. The van der Waals surface area contributed by atoms with Gasteiger partial charge in [0.05, 0.1) is 16.0 Å². The first-order chi connectivity index (χ1) is 13.3. The Morgan fingerprint density at radius 2 is 1.86 bits per heavy atom. The van der Waals surface area contributed by atoms with Crippen LogP contribution < -0.4 is 0 Å². The highest BCUT2D eigenvalue weighted by Gasteiger charge is 2.32. The largest absolute Gasteiger partial charge is 0.508 e. The van der Waals surface area contributed by atoms with E-state index in [-0.39, 0.29) is 43.3 Å². The molecule has 3 rings (SSSR count). The number of carbonyl (C=O) groups is 1. The monoisotopic (exact) mass is 417 g/mol. The quantitative estimate of drug-likeness (QED) is 0.227. The van der Waals surface area contributed by atoms with Crippen LogP contribution >= 0.6 is 24.0 Å². The van der Waals surface area contributed by atoms with Crippen LogP contribution in [0.3, 0.4) is 0 Å². The summed E-state index contributed by atoms with van der Waals surface area (Å²) in [5.41, 5.74) is 0.113. The minimum Gasteiger partial charge on any atom is -0.508 e. The predicted molar refractivity (Wildman–Crippen MR) is 107 cm³/mol. The van der Waals surface area contributed by atoms with Gasteiger partial charge in [-0.05, 0) is 36.5 Å². The lowest BCUT2D eigenvalue weighted by Crippen LogP contribution is -2.22. The van der Waals surface area contributed by atoms with Crippen molar-refractivity contribution in [2.75, 3.05) is 0 Å². The third-order valence-corrected chi connectivity index (χ3v) is 4.89. The molecule has 28 heavy (non-hydrogen) atoms. The number of aromatic hydroxyl groups is 3. The number of nitrogens with zero attached hydrogens (tertiary/aromatic N) is 3. The molecular weight excluding hydrogens is 406 g/mol. The molecule has 0 atom stereocenters. The number of non-ortho nitro benzene ring substituents is 1. The summed E-state index contributed by atoms with van der Waals surface area (Å²) in [7, 11) is 0. The van der Waals surface area contributed by atoms with Crippen molar-refractivity contribution in [1.29, 1.82) is 0 Å². The number of hydrogen-bond acceptors (Lipinski definition) is 9. The fourth-order valence-corrected chi connectivity index (χ4v) is 3.40. The van der Waals surface area contributed by atoms with Gasteiger partial charge in [0, 0.05) is 29.3 Å². The van der Waals surface area contributed by atoms with Gasteiger partial charge in [-0.15, -0.1) is 0 Å². The van der Waals surface area contributed by atoms with E-state index in [4.69, 9.17) is 12.2 Å². The molecular formula is C17H11N3O6S2. The predicted octanol–water partition coefficient (Wildman–Crippen LogP) is 2.95. The number of rotatable bonds is 4. The number of benzene rings is 2. The molecule has 1 aliphatic heterocycles. The number of hydrogen-bond donors (Lipinski definition) is 3. The molecule has 3 N–H and O–H groups in total. The summed E-state index contributed by atoms with van der Waals surface area (Å²) in [6.07, 6.45) is 2.49. The molecule has 0 unspecified atom stereocenters. The molecule has 11 heteroatoms. The van der Waals surface area contributed by atoms with Gasteiger partial charge < -0.3 is 15.3 Å². The lowest BCUT2D eigenvalue weighted by molar-refractivity contribution is -0.384. The minimum atomic E-state index is -0.615. The van der Waals surface area contributed by atoms with Crippen LogP contribution in [-0.4, -0.2) is 41.7 Å². The van der Waals surface area contributed by atoms with E-state index in [1.54, 1.807) is 0 Å². The molecule has 0 bridgehead atoms. The fraction of sp³-hybridized carbons (Fsp3) is 0. The van der Waals surface area contributed by atoms with E-state index in [1.165, 1.54) is 24.4 Å². The molecule has 0 spiro atoms. The maximum absolute atomic E-state index is 12.5. The third kappa shape index (κ3) is 3.94. The molecule has 0 aliphatic carbocycles. The van der Waals surface area contributed by atoms with Gasteiger partial charge >= 0.3 is 0 Å². The van der Waals surface area contributed by atoms with Crippen molar-refractivity contribution < 1.29 is 25.0 Å². The summed E-state index contributed by atoms with van der Waals surface area (Å²) in [6.45, 7) is 0. The molecule has 142 valence electrons. The summed E-state index contributed by atoms with van der Waals surface area (Å²) in [4.78, 5) is 22.9. The fourth-order valence-electron chi connectivity index (χ4n) is 2.23. The summed E-state index contributed by atoms with van der Waals surface area (Å²) in [5.74, 6) is -1.17. The first kappa shape index (κ1) is 19.3. The molecule has 0 aromatic heterocycles. The maximum atomic E-state index is 12.5. The lowest BCUT2D eigenvalue weighted by Gasteiger charge is -2.06. The van der Waals surface area contributed by atoms with E-state index in [0.717, 1.165) is 41.0 Å². The molecule has 1 heterocycles. The number of hydrazone groups is 1. The van der Waals surface area contributed by atoms with Crippen molar-refractivity contribution in [3.63, 3.8) is 0 Å². The first-order valence-corrected chi connectivity index (χ1v) is 8.80. The van der Waals surface area contributed by atoms with Gasteiger partial charge in [0.1, 0.15) is 17.2 Å². The van der Waals surface area contributed by atoms with Gasteiger partial charge in [-0.25, -0.2) is 0 Å². The Hall–Kier alpha value is -3.44. The number of carbonyl (C=O) groups excluding carboxylic acids is 1.